The molecule has 3 amide bonds. The maximum Gasteiger partial charge on any atom is 0.325 e. The highest BCUT2D eigenvalue weighted by Gasteiger charge is 2.39. The maximum atomic E-state index is 12.8. The molecule has 0 saturated carbocycles. The van der Waals surface area contributed by atoms with Crippen LogP contribution in [0.2, 0.25) is 0 Å². The van der Waals surface area contributed by atoms with Crippen molar-refractivity contribution >= 4 is 17.7 Å². The van der Waals surface area contributed by atoms with Crippen molar-refractivity contribution in [3.63, 3.8) is 0 Å². The first-order valence-corrected chi connectivity index (χ1v) is 9.43. The highest BCUT2D eigenvalue weighted by Crippen LogP contribution is 2.20. The van der Waals surface area contributed by atoms with Gasteiger partial charge >= 0.3 is 6.03 Å². The lowest BCUT2D eigenvalue weighted by Gasteiger charge is -2.14. The van der Waals surface area contributed by atoms with Gasteiger partial charge in [-0.25, -0.2) is 4.79 Å². The number of ketones is 1. The van der Waals surface area contributed by atoms with Crippen LogP contribution in [-0.2, 0) is 11.3 Å². The lowest BCUT2D eigenvalue weighted by Crippen LogP contribution is -2.36. The highest BCUT2D eigenvalue weighted by molar-refractivity contribution is 6.09. The van der Waals surface area contributed by atoms with Gasteiger partial charge in [-0.05, 0) is 44.6 Å². The van der Waals surface area contributed by atoms with Gasteiger partial charge < -0.3 is 9.88 Å². The number of nitrogens with zero attached hydrogens (tertiary/aromatic N) is 2. The summed E-state index contributed by atoms with van der Waals surface area (Å²) in [4.78, 5) is 38.4. The van der Waals surface area contributed by atoms with Gasteiger partial charge in [0.1, 0.15) is 6.04 Å². The first-order valence-electron chi connectivity index (χ1n) is 9.43. The molecule has 1 saturated heterocycles. The molecule has 0 aromatic carbocycles. The van der Waals surface area contributed by atoms with Crippen LogP contribution in [0.25, 0.3) is 0 Å². The molecule has 0 radical (unpaired) electrons. The fourth-order valence-electron chi connectivity index (χ4n) is 3.40. The van der Waals surface area contributed by atoms with Crippen LogP contribution in [0, 0.1) is 25.7 Å². The number of urea groups is 1. The SMILES string of the molecule is Cc1cc(C(=O)CN2C(=O)NC(CC(C)C)C2=O)c(C)n1CCC(C)C. The first-order chi connectivity index (χ1) is 12.1. The molecule has 2 heterocycles. The molecule has 1 unspecified atom stereocenters. The number of carbonyl (C=O) groups excluding carboxylic acids is 3. The van der Waals surface area contributed by atoms with Crippen LogP contribution in [-0.4, -0.2) is 39.8 Å². The Labute approximate surface area is 155 Å². The third-order valence-corrected chi connectivity index (χ3v) is 4.92. The van der Waals surface area contributed by atoms with Gasteiger partial charge in [-0.15, -0.1) is 0 Å². The molecule has 26 heavy (non-hydrogen) atoms. The Bertz CT molecular complexity index is 703. The number of amides is 3. The topological polar surface area (TPSA) is 71.4 Å². The van der Waals surface area contributed by atoms with Gasteiger partial charge in [0.25, 0.3) is 5.91 Å². The molecule has 1 fully saturated rings. The van der Waals surface area contributed by atoms with Crippen LogP contribution in [0.1, 0.15) is 62.3 Å². The normalized spacial score (nSPS) is 17.5. The molecular weight excluding hydrogens is 330 g/mol. The van der Waals surface area contributed by atoms with Gasteiger partial charge in [0, 0.05) is 23.5 Å². The number of Topliss-reactive ketones (excluding diaryl/α,β-unsaturated/α-hetero) is 1. The molecule has 6 heteroatoms. The molecule has 1 atom stereocenters. The van der Waals surface area contributed by atoms with E-state index in [0.717, 1.165) is 29.3 Å². The van der Waals surface area contributed by atoms with Gasteiger partial charge in [0.05, 0.1) is 6.54 Å². The van der Waals surface area contributed by atoms with Crippen LogP contribution in [0.3, 0.4) is 0 Å². The van der Waals surface area contributed by atoms with Crippen LogP contribution >= 0.6 is 0 Å². The molecule has 1 aromatic rings. The first kappa shape index (κ1) is 20.2. The third-order valence-electron chi connectivity index (χ3n) is 4.92. The lowest BCUT2D eigenvalue weighted by molar-refractivity contribution is -0.127. The fourth-order valence-corrected chi connectivity index (χ4v) is 3.40. The molecule has 1 N–H and O–H groups in total. The van der Waals surface area contributed by atoms with Gasteiger partial charge in [-0.1, -0.05) is 27.7 Å². The van der Waals surface area contributed by atoms with E-state index in [2.05, 4.69) is 23.7 Å². The van der Waals surface area contributed by atoms with Crippen molar-refractivity contribution in [1.29, 1.82) is 0 Å². The summed E-state index contributed by atoms with van der Waals surface area (Å²) in [7, 11) is 0. The number of imide groups is 1. The van der Waals surface area contributed by atoms with Crippen molar-refractivity contribution < 1.29 is 14.4 Å². The number of rotatable bonds is 8. The molecule has 0 aliphatic carbocycles. The summed E-state index contributed by atoms with van der Waals surface area (Å²) in [6.07, 6.45) is 1.62. The van der Waals surface area contributed by atoms with Crippen molar-refractivity contribution in [2.24, 2.45) is 11.8 Å². The van der Waals surface area contributed by atoms with Crippen LogP contribution in [0.5, 0.6) is 0 Å². The van der Waals surface area contributed by atoms with Crippen LogP contribution < -0.4 is 5.32 Å². The van der Waals surface area contributed by atoms with E-state index in [1.54, 1.807) is 0 Å². The van der Waals surface area contributed by atoms with E-state index < -0.39 is 12.1 Å². The smallest absolute Gasteiger partial charge is 0.325 e. The van der Waals surface area contributed by atoms with Crippen molar-refractivity contribution in [3.05, 3.63) is 23.0 Å². The van der Waals surface area contributed by atoms with Crippen molar-refractivity contribution in [2.45, 2.75) is 67.0 Å². The van der Waals surface area contributed by atoms with Gasteiger partial charge in [-0.3, -0.25) is 14.5 Å². The number of aromatic nitrogens is 1. The largest absolute Gasteiger partial charge is 0.348 e. The van der Waals surface area contributed by atoms with Crippen molar-refractivity contribution in [1.82, 2.24) is 14.8 Å². The van der Waals surface area contributed by atoms with Crippen LogP contribution in [0.15, 0.2) is 6.07 Å². The predicted molar refractivity (Wildman–Crippen MR) is 101 cm³/mol. The second-order valence-electron chi connectivity index (χ2n) is 8.10. The zero-order valence-electron chi connectivity index (χ0n) is 16.8. The Morgan fingerprint density at radius 2 is 1.81 bits per heavy atom. The summed E-state index contributed by atoms with van der Waals surface area (Å²) in [6.45, 7) is 12.9. The van der Waals surface area contributed by atoms with E-state index in [1.165, 1.54) is 0 Å². The Morgan fingerprint density at radius 1 is 1.15 bits per heavy atom. The van der Waals surface area contributed by atoms with E-state index in [9.17, 15) is 14.4 Å². The minimum Gasteiger partial charge on any atom is -0.348 e. The van der Waals surface area contributed by atoms with Gasteiger partial charge in [0.2, 0.25) is 0 Å². The summed E-state index contributed by atoms with van der Waals surface area (Å²) in [5.41, 5.74) is 2.53. The summed E-state index contributed by atoms with van der Waals surface area (Å²) in [5, 5.41) is 2.69. The van der Waals surface area contributed by atoms with Crippen molar-refractivity contribution in [2.75, 3.05) is 6.54 Å². The quantitative estimate of drug-likeness (QED) is 0.570. The number of carbonyl (C=O) groups is 3. The standard InChI is InChI=1S/C20H31N3O3/c1-12(2)7-8-22-14(5)10-16(15(22)6)18(24)11-23-19(25)17(9-13(3)4)21-20(23)26/h10,12-13,17H,7-9,11H2,1-6H3,(H,21,26). The molecule has 0 bridgehead atoms. The molecule has 1 aliphatic rings. The number of hydrogen-bond acceptors (Lipinski definition) is 3. The third kappa shape index (κ3) is 4.34. The summed E-state index contributed by atoms with van der Waals surface area (Å²) >= 11 is 0. The lowest BCUT2D eigenvalue weighted by atomic mass is 10.0. The number of aryl methyl sites for hydroxylation is 1. The molecule has 1 aromatic heterocycles. The molecule has 0 spiro atoms. The summed E-state index contributed by atoms with van der Waals surface area (Å²) < 4.78 is 2.14. The Kier molecular flexibility index (Phi) is 6.26. The van der Waals surface area contributed by atoms with E-state index in [4.69, 9.17) is 0 Å². The molecule has 2 rings (SSSR count). The molecule has 144 valence electrons. The zero-order chi connectivity index (χ0) is 19.6. The van der Waals surface area contributed by atoms with Gasteiger partial charge in [-0.2, -0.15) is 0 Å². The maximum absolute atomic E-state index is 12.8. The second kappa shape index (κ2) is 8.06. The van der Waals surface area contributed by atoms with E-state index in [-0.39, 0.29) is 18.2 Å². The predicted octanol–water partition coefficient (Wildman–Crippen LogP) is 3.30. The van der Waals surface area contributed by atoms with Crippen molar-refractivity contribution in [3.8, 4) is 0 Å². The minimum absolute atomic E-state index is 0.192. The van der Waals surface area contributed by atoms with E-state index >= 15 is 0 Å². The monoisotopic (exact) mass is 361 g/mol. The minimum atomic E-state index is -0.520. The van der Waals surface area contributed by atoms with Gasteiger partial charge in [0.15, 0.2) is 5.78 Å². The van der Waals surface area contributed by atoms with E-state index in [0.29, 0.717) is 23.8 Å². The highest BCUT2D eigenvalue weighted by atomic mass is 16.2. The summed E-state index contributed by atoms with van der Waals surface area (Å²) in [5.74, 6) is 0.382. The summed E-state index contributed by atoms with van der Waals surface area (Å²) in [6, 6.07) is 0.874. The Balaban J connectivity index is 2.12. The molecular formula is C20H31N3O3. The van der Waals surface area contributed by atoms with E-state index in [1.807, 2.05) is 33.8 Å². The van der Waals surface area contributed by atoms with Crippen LogP contribution in [0.4, 0.5) is 4.79 Å². The zero-order valence-corrected chi connectivity index (χ0v) is 16.8. The average molecular weight is 361 g/mol. The Morgan fingerprint density at radius 3 is 2.38 bits per heavy atom. The number of nitrogens with one attached hydrogen (secondary N) is 1. The Hall–Kier alpha value is -2.11. The average Bonchev–Trinajstić information content (AvgIpc) is 2.95. The molecule has 1 aliphatic heterocycles. The second-order valence-corrected chi connectivity index (χ2v) is 8.10. The fraction of sp³-hybridized carbons (Fsp3) is 0.650. The molecule has 6 nitrogen and oxygen atoms in total. The number of hydrogen-bond donors (Lipinski definition) is 1.